The minimum atomic E-state index is -0.555. The van der Waals surface area contributed by atoms with Gasteiger partial charge in [0.1, 0.15) is 0 Å². The summed E-state index contributed by atoms with van der Waals surface area (Å²) in [6.07, 6.45) is 3.34. The number of carbonyl (C=O) groups excluding carboxylic acids is 2. The highest BCUT2D eigenvalue weighted by atomic mass is 35.5. The lowest BCUT2D eigenvalue weighted by molar-refractivity contribution is -0.117. The Morgan fingerprint density at radius 2 is 1.67 bits per heavy atom. The Bertz CT molecular complexity index is 1230. The second-order valence-electron chi connectivity index (χ2n) is 6.86. The number of nitrogens with one attached hydrogen (secondary N) is 2. The minimum absolute atomic E-state index is 0.0131. The Morgan fingerprint density at radius 1 is 0.939 bits per heavy atom. The molecule has 10 heteroatoms. The average molecular weight is 479 g/mol. The molecule has 0 atom stereocenters. The van der Waals surface area contributed by atoms with Crippen LogP contribution in [-0.4, -0.2) is 37.4 Å². The van der Waals surface area contributed by atoms with Gasteiger partial charge in [-0.2, -0.15) is 0 Å². The van der Waals surface area contributed by atoms with Crippen molar-refractivity contribution in [3.05, 3.63) is 89.7 Å². The van der Waals surface area contributed by atoms with Gasteiger partial charge in [-0.1, -0.05) is 53.7 Å². The van der Waals surface area contributed by atoms with Crippen LogP contribution in [0.2, 0.25) is 5.02 Å². The SMILES string of the molecule is O=C(CSc1nnc(-c2ccncc2)n1-c1ccc(Cl)cc1)NC(=O)NCc1ccccc1. The maximum absolute atomic E-state index is 12.3. The summed E-state index contributed by atoms with van der Waals surface area (Å²) in [5, 5.41) is 14.7. The van der Waals surface area contributed by atoms with Crippen LogP contribution in [0, 0.1) is 0 Å². The van der Waals surface area contributed by atoms with Crippen molar-refractivity contribution in [2.45, 2.75) is 11.7 Å². The topological polar surface area (TPSA) is 102 Å². The van der Waals surface area contributed by atoms with E-state index in [9.17, 15) is 9.59 Å². The molecule has 8 nitrogen and oxygen atoms in total. The van der Waals surface area contributed by atoms with Crippen LogP contribution in [0.1, 0.15) is 5.56 Å². The number of hydrogen-bond acceptors (Lipinski definition) is 6. The van der Waals surface area contributed by atoms with E-state index in [2.05, 4.69) is 25.8 Å². The Hall–Kier alpha value is -3.69. The maximum Gasteiger partial charge on any atom is 0.321 e. The molecule has 0 aliphatic carbocycles. The molecule has 0 fully saturated rings. The molecule has 2 aromatic heterocycles. The fraction of sp³-hybridized carbons (Fsp3) is 0.0870. The van der Waals surface area contributed by atoms with Crippen LogP contribution < -0.4 is 10.6 Å². The van der Waals surface area contributed by atoms with Crippen molar-refractivity contribution in [3.63, 3.8) is 0 Å². The quantitative estimate of drug-likeness (QED) is 0.388. The minimum Gasteiger partial charge on any atom is -0.334 e. The Kier molecular flexibility index (Phi) is 7.33. The van der Waals surface area contributed by atoms with Crippen LogP contribution >= 0.6 is 23.4 Å². The third-order valence-corrected chi connectivity index (χ3v) is 5.72. The number of nitrogens with zero attached hydrogens (tertiary/aromatic N) is 4. The van der Waals surface area contributed by atoms with Gasteiger partial charge in [0.05, 0.1) is 5.75 Å². The van der Waals surface area contributed by atoms with Crippen molar-refractivity contribution in [3.8, 4) is 17.1 Å². The van der Waals surface area contributed by atoms with Gasteiger partial charge in [0.25, 0.3) is 0 Å². The fourth-order valence-electron chi connectivity index (χ4n) is 2.99. The van der Waals surface area contributed by atoms with Gasteiger partial charge in [-0.05, 0) is 42.0 Å². The zero-order valence-corrected chi connectivity index (χ0v) is 18.9. The number of urea groups is 1. The monoisotopic (exact) mass is 478 g/mol. The molecule has 0 spiro atoms. The number of thioether (sulfide) groups is 1. The van der Waals surface area contributed by atoms with Crippen LogP contribution in [0.4, 0.5) is 4.79 Å². The lowest BCUT2D eigenvalue weighted by atomic mass is 10.2. The predicted octanol–water partition coefficient (Wildman–Crippen LogP) is 4.10. The van der Waals surface area contributed by atoms with Gasteiger partial charge in [0.15, 0.2) is 11.0 Å². The van der Waals surface area contributed by atoms with E-state index in [1.165, 1.54) is 11.8 Å². The summed E-state index contributed by atoms with van der Waals surface area (Å²) in [5.74, 6) is 0.144. The van der Waals surface area contributed by atoms with Crippen LogP contribution in [0.3, 0.4) is 0 Å². The van der Waals surface area contributed by atoms with Crippen LogP contribution in [0.25, 0.3) is 17.1 Å². The second-order valence-corrected chi connectivity index (χ2v) is 8.24. The van der Waals surface area contributed by atoms with Crippen LogP contribution in [0.15, 0.2) is 84.3 Å². The molecule has 0 bridgehead atoms. The number of imide groups is 1. The number of pyridine rings is 1. The third-order valence-electron chi connectivity index (χ3n) is 4.54. The molecule has 0 saturated heterocycles. The molecule has 2 aromatic carbocycles. The first-order valence-electron chi connectivity index (χ1n) is 9.96. The Balaban J connectivity index is 1.44. The summed E-state index contributed by atoms with van der Waals surface area (Å²) < 4.78 is 1.83. The van der Waals surface area contributed by atoms with E-state index >= 15 is 0 Å². The van der Waals surface area contributed by atoms with E-state index in [-0.39, 0.29) is 5.75 Å². The number of aromatic nitrogens is 4. The first-order valence-corrected chi connectivity index (χ1v) is 11.3. The fourth-order valence-corrected chi connectivity index (χ4v) is 3.87. The van der Waals surface area contributed by atoms with Crippen molar-refractivity contribution in [1.82, 2.24) is 30.4 Å². The van der Waals surface area contributed by atoms with Crippen LogP contribution in [-0.2, 0) is 11.3 Å². The lowest BCUT2D eigenvalue weighted by Crippen LogP contribution is -2.40. The second kappa shape index (κ2) is 10.8. The summed E-state index contributed by atoms with van der Waals surface area (Å²) in [6, 6.07) is 19.8. The molecule has 3 amide bonds. The molecule has 4 aromatic rings. The predicted molar refractivity (Wildman–Crippen MR) is 127 cm³/mol. The normalized spacial score (nSPS) is 10.6. The number of carbonyl (C=O) groups is 2. The van der Waals surface area contributed by atoms with Crippen molar-refractivity contribution in [2.24, 2.45) is 0 Å². The summed E-state index contributed by atoms with van der Waals surface area (Å²) in [7, 11) is 0. The third kappa shape index (κ3) is 5.97. The van der Waals surface area contributed by atoms with Crippen LogP contribution in [0.5, 0.6) is 0 Å². The molecule has 0 radical (unpaired) electrons. The molecule has 33 heavy (non-hydrogen) atoms. The molecule has 4 rings (SSSR count). The number of rotatable bonds is 7. The van der Waals surface area contributed by atoms with E-state index in [0.29, 0.717) is 22.5 Å². The van der Waals surface area contributed by atoms with Gasteiger partial charge >= 0.3 is 6.03 Å². The molecule has 2 heterocycles. The van der Waals surface area contributed by atoms with E-state index in [4.69, 9.17) is 11.6 Å². The number of hydrogen-bond donors (Lipinski definition) is 2. The van der Waals surface area contributed by atoms with Crippen molar-refractivity contribution >= 4 is 35.3 Å². The number of halogens is 1. The van der Waals surface area contributed by atoms with E-state index < -0.39 is 11.9 Å². The van der Waals surface area contributed by atoms with Gasteiger partial charge in [-0.25, -0.2) is 4.79 Å². The smallest absolute Gasteiger partial charge is 0.321 e. The number of benzene rings is 2. The molecule has 2 N–H and O–H groups in total. The van der Waals surface area contributed by atoms with E-state index in [1.807, 2.05) is 59.2 Å². The molecular weight excluding hydrogens is 460 g/mol. The molecular formula is C23H19ClN6O2S. The maximum atomic E-state index is 12.3. The van der Waals surface area contributed by atoms with Gasteiger partial charge in [0.2, 0.25) is 5.91 Å². The van der Waals surface area contributed by atoms with Gasteiger partial charge in [-0.15, -0.1) is 10.2 Å². The highest BCUT2D eigenvalue weighted by molar-refractivity contribution is 7.99. The van der Waals surface area contributed by atoms with Gasteiger partial charge in [0, 0.05) is 35.2 Å². The highest BCUT2D eigenvalue weighted by Crippen LogP contribution is 2.28. The van der Waals surface area contributed by atoms with E-state index in [0.717, 1.165) is 16.8 Å². The highest BCUT2D eigenvalue weighted by Gasteiger charge is 2.18. The largest absolute Gasteiger partial charge is 0.334 e. The summed E-state index contributed by atoms with van der Waals surface area (Å²) in [4.78, 5) is 28.4. The molecule has 0 unspecified atom stereocenters. The number of amides is 3. The Labute approximate surface area is 199 Å². The van der Waals surface area contributed by atoms with Gasteiger partial charge in [-0.3, -0.25) is 19.7 Å². The molecule has 166 valence electrons. The zero-order valence-electron chi connectivity index (χ0n) is 17.3. The standard InChI is InChI=1S/C23H19ClN6O2S/c24-18-6-8-19(9-7-18)30-21(17-10-12-25-13-11-17)28-29-23(30)33-15-20(31)27-22(32)26-14-16-4-2-1-3-5-16/h1-13H,14-15H2,(H2,26,27,31,32). The lowest BCUT2D eigenvalue weighted by Gasteiger charge is -2.11. The molecule has 0 aliphatic rings. The van der Waals surface area contributed by atoms with Crippen molar-refractivity contribution < 1.29 is 9.59 Å². The first-order chi connectivity index (χ1) is 16.1. The first kappa shape index (κ1) is 22.5. The summed E-state index contributed by atoms with van der Waals surface area (Å²) in [6.45, 7) is 0.327. The zero-order chi connectivity index (χ0) is 23.0. The average Bonchev–Trinajstić information content (AvgIpc) is 3.27. The summed E-state index contributed by atoms with van der Waals surface area (Å²) >= 11 is 7.22. The Morgan fingerprint density at radius 3 is 2.39 bits per heavy atom. The van der Waals surface area contributed by atoms with Gasteiger partial charge < -0.3 is 5.32 Å². The molecule has 0 saturated carbocycles. The van der Waals surface area contributed by atoms with Crippen molar-refractivity contribution in [2.75, 3.05) is 5.75 Å². The van der Waals surface area contributed by atoms with Crippen molar-refractivity contribution in [1.29, 1.82) is 0 Å². The summed E-state index contributed by atoms with van der Waals surface area (Å²) in [5.41, 5.74) is 2.55. The molecule has 0 aliphatic heterocycles. The van der Waals surface area contributed by atoms with E-state index in [1.54, 1.807) is 24.5 Å².